The Morgan fingerprint density at radius 2 is 2.17 bits per heavy atom. The second-order valence-electron chi connectivity index (χ2n) is 2.61. The first-order valence-corrected chi connectivity index (χ1v) is 6.06. The first-order valence-electron chi connectivity index (χ1n) is 4.03. The standard InChI is InChI=1S/C8H16NO2P/c1-2-3-4-7-12(10,11)8-5-6-9/h4-9H2,1H3,(H,10,11). The van der Waals surface area contributed by atoms with Crippen LogP contribution in [0.1, 0.15) is 19.8 Å². The number of nitrogens with two attached hydrogens (primary N) is 1. The number of rotatable bonds is 5. The van der Waals surface area contributed by atoms with Crippen molar-refractivity contribution in [2.45, 2.75) is 19.8 Å². The molecular formula is C8H16NO2P. The lowest BCUT2D eigenvalue weighted by atomic mass is 10.5. The molecule has 70 valence electrons. The van der Waals surface area contributed by atoms with Crippen molar-refractivity contribution in [3.05, 3.63) is 0 Å². The zero-order chi connectivity index (χ0) is 9.45. The maximum atomic E-state index is 11.3. The summed E-state index contributed by atoms with van der Waals surface area (Å²) in [6.07, 6.45) is 1.75. The summed E-state index contributed by atoms with van der Waals surface area (Å²) in [4.78, 5) is 9.30. The van der Waals surface area contributed by atoms with Crippen molar-refractivity contribution < 1.29 is 9.46 Å². The molecule has 0 aliphatic rings. The van der Waals surface area contributed by atoms with Gasteiger partial charge in [0.15, 0.2) is 0 Å². The molecule has 0 rings (SSSR count). The van der Waals surface area contributed by atoms with Crippen LogP contribution >= 0.6 is 7.37 Å². The lowest BCUT2D eigenvalue weighted by Crippen LogP contribution is -2.03. The van der Waals surface area contributed by atoms with E-state index in [2.05, 4.69) is 11.8 Å². The van der Waals surface area contributed by atoms with Crippen molar-refractivity contribution in [2.24, 2.45) is 5.73 Å². The van der Waals surface area contributed by atoms with Gasteiger partial charge in [0.1, 0.15) is 0 Å². The molecule has 0 bridgehead atoms. The molecule has 0 spiro atoms. The molecule has 12 heavy (non-hydrogen) atoms. The van der Waals surface area contributed by atoms with Crippen LogP contribution in [0.25, 0.3) is 0 Å². The van der Waals surface area contributed by atoms with Crippen molar-refractivity contribution in [3.8, 4) is 11.8 Å². The van der Waals surface area contributed by atoms with Crippen molar-refractivity contribution in [1.29, 1.82) is 0 Å². The minimum atomic E-state index is -2.92. The number of hydrogen-bond acceptors (Lipinski definition) is 2. The Kier molecular flexibility index (Phi) is 6.10. The average molecular weight is 189 g/mol. The zero-order valence-electron chi connectivity index (χ0n) is 7.42. The van der Waals surface area contributed by atoms with Gasteiger partial charge in [-0.25, -0.2) is 0 Å². The van der Waals surface area contributed by atoms with Crippen LogP contribution in [0.4, 0.5) is 0 Å². The highest BCUT2D eigenvalue weighted by molar-refractivity contribution is 7.57. The highest BCUT2D eigenvalue weighted by Crippen LogP contribution is 2.41. The summed E-state index contributed by atoms with van der Waals surface area (Å²) in [5.41, 5.74) is 5.23. The van der Waals surface area contributed by atoms with Crippen LogP contribution in [-0.2, 0) is 4.57 Å². The fourth-order valence-electron chi connectivity index (χ4n) is 0.806. The first kappa shape index (κ1) is 11.7. The predicted molar refractivity (Wildman–Crippen MR) is 51.3 cm³/mol. The molecule has 0 amide bonds. The molecule has 0 heterocycles. The largest absolute Gasteiger partial charge is 0.344 e. The summed E-state index contributed by atoms with van der Waals surface area (Å²) in [6, 6.07) is 0. The maximum Gasteiger partial charge on any atom is 0.201 e. The molecule has 0 aromatic carbocycles. The van der Waals surface area contributed by atoms with E-state index >= 15 is 0 Å². The second kappa shape index (κ2) is 6.25. The Morgan fingerprint density at radius 1 is 1.50 bits per heavy atom. The van der Waals surface area contributed by atoms with Gasteiger partial charge < -0.3 is 10.6 Å². The first-order chi connectivity index (χ1) is 5.62. The van der Waals surface area contributed by atoms with E-state index in [1.165, 1.54) is 0 Å². The van der Waals surface area contributed by atoms with E-state index in [0.29, 0.717) is 31.7 Å². The minimum absolute atomic E-state index is 0.299. The average Bonchev–Trinajstić information content (AvgIpc) is 2.01. The molecule has 1 atom stereocenters. The monoisotopic (exact) mass is 189 g/mol. The van der Waals surface area contributed by atoms with Gasteiger partial charge in [0, 0.05) is 18.7 Å². The van der Waals surface area contributed by atoms with Crippen LogP contribution in [0, 0.1) is 11.8 Å². The van der Waals surface area contributed by atoms with E-state index in [-0.39, 0.29) is 0 Å². The Bertz CT molecular complexity index is 217. The van der Waals surface area contributed by atoms with E-state index in [4.69, 9.17) is 5.73 Å². The van der Waals surface area contributed by atoms with Crippen LogP contribution in [0.5, 0.6) is 0 Å². The highest BCUT2D eigenvalue weighted by atomic mass is 31.2. The van der Waals surface area contributed by atoms with Crippen LogP contribution in [-0.4, -0.2) is 23.8 Å². The summed E-state index contributed by atoms with van der Waals surface area (Å²) in [6.45, 7) is 2.20. The smallest absolute Gasteiger partial charge is 0.201 e. The molecule has 0 radical (unpaired) electrons. The second-order valence-corrected chi connectivity index (χ2v) is 5.20. The van der Waals surface area contributed by atoms with Crippen LogP contribution < -0.4 is 5.73 Å². The van der Waals surface area contributed by atoms with Gasteiger partial charge in [-0.15, -0.1) is 11.8 Å². The van der Waals surface area contributed by atoms with Crippen molar-refractivity contribution >= 4 is 7.37 Å². The van der Waals surface area contributed by atoms with Crippen LogP contribution in [0.3, 0.4) is 0 Å². The van der Waals surface area contributed by atoms with E-state index in [9.17, 15) is 9.46 Å². The fraction of sp³-hybridized carbons (Fsp3) is 0.750. The quantitative estimate of drug-likeness (QED) is 0.501. The van der Waals surface area contributed by atoms with Crippen molar-refractivity contribution in [1.82, 2.24) is 0 Å². The SMILES string of the molecule is CC#CCCP(=O)(O)CCCN. The topological polar surface area (TPSA) is 63.3 Å². The maximum absolute atomic E-state index is 11.3. The normalized spacial score (nSPS) is 14.6. The fourth-order valence-corrected chi connectivity index (χ4v) is 2.17. The molecule has 0 aromatic rings. The highest BCUT2D eigenvalue weighted by Gasteiger charge is 2.15. The third-order valence-corrected chi connectivity index (χ3v) is 3.41. The zero-order valence-corrected chi connectivity index (χ0v) is 8.31. The van der Waals surface area contributed by atoms with Gasteiger partial charge in [-0.1, -0.05) is 0 Å². The molecule has 0 fully saturated rings. The summed E-state index contributed by atoms with van der Waals surface area (Å²) >= 11 is 0. The molecule has 0 aliphatic carbocycles. The molecule has 4 heteroatoms. The van der Waals surface area contributed by atoms with Gasteiger partial charge in [0.05, 0.1) is 0 Å². The summed E-state index contributed by atoms with van der Waals surface area (Å²) < 4.78 is 11.3. The Balaban J connectivity index is 3.69. The van der Waals surface area contributed by atoms with Gasteiger partial charge in [0.2, 0.25) is 7.37 Å². The molecular weight excluding hydrogens is 173 g/mol. The molecule has 0 aromatic heterocycles. The van der Waals surface area contributed by atoms with E-state index in [0.717, 1.165) is 0 Å². The molecule has 0 saturated heterocycles. The summed E-state index contributed by atoms with van der Waals surface area (Å²) in [5.74, 6) is 5.46. The lowest BCUT2D eigenvalue weighted by Gasteiger charge is -2.07. The number of hydrogen-bond donors (Lipinski definition) is 2. The third kappa shape index (κ3) is 6.42. The van der Waals surface area contributed by atoms with Crippen LogP contribution in [0.2, 0.25) is 0 Å². The summed E-state index contributed by atoms with van der Waals surface area (Å²) in [7, 11) is -2.92. The van der Waals surface area contributed by atoms with E-state index in [1.54, 1.807) is 6.92 Å². The lowest BCUT2D eigenvalue weighted by molar-refractivity contribution is 0.476. The molecule has 0 saturated carbocycles. The van der Waals surface area contributed by atoms with Crippen molar-refractivity contribution in [2.75, 3.05) is 18.9 Å². The molecule has 0 aliphatic heterocycles. The van der Waals surface area contributed by atoms with E-state index < -0.39 is 7.37 Å². The molecule has 3 N–H and O–H groups in total. The van der Waals surface area contributed by atoms with Crippen LogP contribution in [0.15, 0.2) is 0 Å². The molecule has 1 unspecified atom stereocenters. The van der Waals surface area contributed by atoms with Gasteiger partial charge in [-0.3, -0.25) is 4.57 Å². The van der Waals surface area contributed by atoms with Gasteiger partial charge >= 0.3 is 0 Å². The van der Waals surface area contributed by atoms with Crippen molar-refractivity contribution in [3.63, 3.8) is 0 Å². The van der Waals surface area contributed by atoms with Gasteiger partial charge in [0.25, 0.3) is 0 Å². The Labute approximate surface area is 73.8 Å². The summed E-state index contributed by atoms with van der Waals surface area (Å²) in [5, 5.41) is 0. The van der Waals surface area contributed by atoms with Gasteiger partial charge in [-0.05, 0) is 19.9 Å². The Morgan fingerprint density at radius 3 is 2.67 bits per heavy atom. The predicted octanol–water partition coefficient (Wildman–Crippen LogP) is 1.02. The Hall–Kier alpha value is -0.290. The van der Waals surface area contributed by atoms with Gasteiger partial charge in [-0.2, -0.15) is 0 Å². The molecule has 3 nitrogen and oxygen atoms in total. The third-order valence-electron chi connectivity index (χ3n) is 1.47. The minimum Gasteiger partial charge on any atom is -0.344 e. The van der Waals surface area contributed by atoms with E-state index in [1.807, 2.05) is 0 Å².